The Hall–Kier alpha value is -2.35. The number of fused-ring (bicyclic) bond motifs is 1. The van der Waals surface area contributed by atoms with Crippen LogP contribution in [0.2, 0.25) is 0 Å². The van der Waals surface area contributed by atoms with Crippen molar-refractivity contribution in [3.05, 3.63) is 51.6 Å². The third-order valence-electron chi connectivity index (χ3n) is 6.79. The van der Waals surface area contributed by atoms with Gasteiger partial charge in [0.15, 0.2) is 0 Å². The number of hydrogen-bond donors (Lipinski definition) is 1. The van der Waals surface area contributed by atoms with Crippen LogP contribution in [0.5, 0.6) is 5.75 Å². The summed E-state index contributed by atoms with van der Waals surface area (Å²) in [6.45, 7) is 7.01. The average Bonchev–Trinajstić information content (AvgIpc) is 2.71. The maximum absolute atomic E-state index is 14.1. The van der Waals surface area contributed by atoms with Crippen molar-refractivity contribution >= 4 is 10.8 Å². The topological polar surface area (TPSA) is 72.6 Å². The number of nitro groups is 1. The highest BCUT2D eigenvalue weighted by Gasteiger charge is 2.41. The van der Waals surface area contributed by atoms with Gasteiger partial charge in [-0.25, -0.2) is 0 Å². The average molecular weight is 454 g/mol. The van der Waals surface area contributed by atoms with Crippen molar-refractivity contribution in [3.8, 4) is 5.75 Å². The highest BCUT2D eigenvalue weighted by atomic mass is 19.4. The van der Waals surface area contributed by atoms with Crippen LogP contribution >= 0.6 is 0 Å². The summed E-state index contributed by atoms with van der Waals surface area (Å²) in [4.78, 5) is 10.8. The van der Waals surface area contributed by atoms with Crippen LogP contribution in [-0.2, 0) is 11.7 Å². The molecule has 8 heteroatoms. The number of rotatable bonds is 5. The molecule has 0 saturated heterocycles. The molecule has 1 fully saturated rings. The molecule has 0 aromatic heterocycles. The summed E-state index contributed by atoms with van der Waals surface area (Å²) in [5.41, 5.74) is -2.37. The van der Waals surface area contributed by atoms with Gasteiger partial charge in [0.1, 0.15) is 17.9 Å². The van der Waals surface area contributed by atoms with Crippen LogP contribution in [0, 0.1) is 21.4 Å². The SMILES string of the molecule is CC(CO)(c1ccc2c(C(F)(F)F)c(O[C@H]3CC[C@H](C(C)(C)C)CC3)ccc2c1)[N+](=O)[O-]. The van der Waals surface area contributed by atoms with Gasteiger partial charge in [-0.05, 0) is 59.9 Å². The zero-order valence-electron chi connectivity index (χ0n) is 18.8. The quantitative estimate of drug-likeness (QED) is 0.424. The first-order chi connectivity index (χ1) is 14.8. The predicted octanol–water partition coefficient (Wildman–Crippen LogP) is 6.33. The lowest BCUT2D eigenvalue weighted by molar-refractivity contribution is -0.578. The van der Waals surface area contributed by atoms with E-state index in [1.807, 2.05) is 0 Å². The summed E-state index contributed by atoms with van der Waals surface area (Å²) < 4.78 is 48.0. The Morgan fingerprint density at radius 1 is 1.06 bits per heavy atom. The Morgan fingerprint density at radius 2 is 1.69 bits per heavy atom. The molecule has 2 aromatic rings. The lowest BCUT2D eigenvalue weighted by Crippen LogP contribution is -2.35. The second-order valence-electron chi connectivity index (χ2n) is 10.0. The smallest absolute Gasteiger partial charge is 0.420 e. The minimum Gasteiger partial charge on any atom is -0.490 e. The molecule has 0 bridgehead atoms. The lowest BCUT2D eigenvalue weighted by Gasteiger charge is -2.37. The van der Waals surface area contributed by atoms with E-state index >= 15 is 0 Å². The van der Waals surface area contributed by atoms with Crippen molar-refractivity contribution in [1.82, 2.24) is 0 Å². The van der Waals surface area contributed by atoms with Crippen molar-refractivity contribution in [2.75, 3.05) is 6.61 Å². The first-order valence-corrected chi connectivity index (χ1v) is 10.8. The van der Waals surface area contributed by atoms with E-state index in [4.69, 9.17) is 4.74 Å². The Balaban J connectivity index is 1.96. The van der Waals surface area contributed by atoms with Gasteiger partial charge in [0.25, 0.3) is 5.54 Å². The van der Waals surface area contributed by atoms with Gasteiger partial charge in [0, 0.05) is 17.4 Å². The van der Waals surface area contributed by atoms with Crippen LogP contribution in [0.3, 0.4) is 0 Å². The number of benzene rings is 2. The molecular formula is C24H30F3NO4. The first-order valence-electron chi connectivity index (χ1n) is 10.8. The molecule has 3 rings (SSSR count). The van der Waals surface area contributed by atoms with Gasteiger partial charge in [0.2, 0.25) is 0 Å². The molecule has 0 aliphatic heterocycles. The fraction of sp³-hybridized carbons (Fsp3) is 0.583. The van der Waals surface area contributed by atoms with Crippen LogP contribution in [0.4, 0.5) is 13.2 Å². The van der Waals surface area contributed by atoms with E-state index in [1.54, 1.807) is 0 Å². The third kappa shape index (κ3) is 4.70. The van der Waals surface area contributed by atoms with Crippen LogP contribution in [-0.4, -0.2) is 22.7 Å². The van der Waals surface area contributed by atoms with Crippen LogP contribution in [0.1, 0.15) is 64.5 Å². The predicted molar refractivity (Wildman–Crippen MR) is 116 cm³/mol. The molecule has 0 heterocycles. The minimum absolute atomic E-state index is 0.0780. The molecule has 1 N–H and O–H groups in total. The van der Waals surface area contributed by atoms with E-state index in [-0.39, 0.29) is 33.6 Å². The molecule has 32 heavy (non-hydrogen) atoms. The first kappa shape index (κ1) is 24.3. The van der Waals surface area contributed by atoms with Gasteiger partial charge < -0.3 is 9.84 Å². The second kappa shape index (κ2) is 8.54. The normalized spacial score (nSPS) is 21.9. The molecule has 0 amide bonds. The third-order valence-corrected chi connectivity index (χ3v) is 6.79. The van der Waals surface area contributed by atoms with E-state index in [0.29, 0.717) is 18.8 Å². The van der Waals surface area contributed by atoms with Crippen LogP contribution < -0.4 is 4.74 Å². The Labute approximate surface area is 185 Å². The number of aliphatic hydroxyl groups excluding tert-OH is 1. The van der Waals surface area contributed by atoms with E-state index in [9.17, 15) is 28.4 Å². The maximum atomic E-state index is 14.1. The minimum atomic E-state index is -4.65. The van der Waals surface area contributed by atoms with Gasteiger partial charge in [-0.1, -0.05) is 39.0 Å². The van der Waals surface area contributed by atoms with E-state index < -0.39 is 28.8 Å². The van der Waals surface area contributed by atoms with Crippen LogP contribution in [0.25, 0.3) is 10.8 Å². The molecule has 2 aromatic carbocycles. The molecular weight excluding hydrogens is 423 g/mol. The van der Waals surface area contributed by atoms with Gasteiger partial charge in [-0.2, -0.15) is 13.2 Å². The highest BCUT2D eigenvalue weighted by Crippen LogP contribution is 2.44. The molecule has 1 atom stereocenters. The van der Waals surface area contributed by atoms with Gasteiger partial charge >= 0.3 is 6.18 Å². The molecule has 1 saturated carbocycles. The summed E-state index contributed by atoms with van der Waals surface area (Å²) in [5.74, 6) is 0.304. The molecule has 1 aliphatic rings. The summed E-state index contributed by atoms with van der Waals surface area (Å²) in [5, 5.41) is 21.1. The lowest BCUT2D eigenvalue weighted by atomic mass is 9.72. The summed E-state index contributed by atoms with van der Waals surface area (Å²) >= 11 is 0. The van der Waals surface area contributed by atoms with Crippen molar-refractivity contribution in [2.45, 2.75) is 71.2 Å². The number of alkyl halides is 3. The van der Waals surface area contributed by atoms with Gasteiger partial charge in [-0.15, -0.1) is 0 Å². The molecule has 0 radical (unpaired) electrons. The van der Waals surface area contributed by atoms with E-state index in [1.165, 1.54) is 37.3 Å². The molecule has 5 nitrogen and oxygen atoms in total. The monoisotopic (exact) mass is 453 g/mol. The number of nitrogens with zero attached hydrogens (tertiary/aromatic N) is 1. The van der Waals surface area contributed by atoms with Crippen molar-refractivity contribution in [3.63, 3.8) is 0 Å². The van der Waals surface area contributed by atoms with Gasteiger partial charge in [-0.3, -0.25) is 10.1 Å². The second-order valence-corrected chi connectivity index (χ2v) is 10.0. The summed E-state index contributed by atoms with van der Waals surface area (Å²) in [6, 6.07) is 6.63. The van der Waals surface area contributed by atoms with Gasteiger partial charge in [0.05, 0.1) is 6.10 Å². The Kier molecular flexibility index (Phi) is 6.48. The van der Waals surface area contributed by atoms with E-state index in [2.05, 4.69) is 20.8 Å². The maximum Gasteiger partial charge on any atom is 0.420 e. The summed E-state index contributed by atoms with van der Waals surface area (Å²) in [7, 11) is 0. The zero-order chi connectivity index (χ0) is 23.9. The standard InChI is InChI=1S/C24H30F3NO4/c1-22(2,3)16-6-9-18(10-7-16)32-20-12-5-15-13-17(23(4,14-29)28(30)31)8-11-19(15)21(20)24(25,26)27/h5,8,11-13,16,18,29H,6-7,9-10,14H2,1-4H3/t16-,18-,23?. The molecule has 0 spiro atoms. The number of ether oxygens (including phenoxy) is 1. The van der Waals surface area contributed by atoms with E-state index in [0.717, 1.165) is 12.8 Å². The van der Waals surface area contributed by atoms with Crippen molar-refractivity contribution in [2.24, 2.45) is 11.3 Å². The van der Waals surface area contributed by atoms with Crippen LogP contribution in [0.15, 0.2) is 30.3 Å². The molecule has 1 unspecified atom stereocenters. The largest absolute Gasteiger partial charge is 0.490 e. The van der Waals surface area contributed by atoms with Crippen molar-refractivity contribution in [1.29, 1.82) is 0 Å². The zero-order valence-corrected chi connectivity index (χ0v) is 18.8. The molecule has 176 valence electrons. The Bertz CT molecular complexity index is 991. The molecule has 1 aliphatic carbocycles. The Morgan fingerprint density at radius 3 is 2.19 bits per heavy atom. The van der Waals surface area contributed by atoms with Crippen molar-refractivity contribution < 1.29 is 27.9 Å². The number of halogens is 3. The fourth-order valence-electron chi connectivity index (χ4n) is 4.52. The highest BCUT2D eigenvalue weighted by molar-refractivity contribution is 5.89. The summed E-state index contributed by atoms with van der Waals surface area (Å²) in [6.07, 6.45) is -1.71. The number of hydrogen-bond acceptors (Lipinski definition) is 4. The number of aliphatic hydroxyl groups is 1. The fourth-order valence-corrected chi connectivity index (χ4v) is 4.52.